The van der Waals surface area contributed by atoms with Gasteiger partial charge in [0.2, 0.25) is 0 Å². The van der Waals surface area contributed by atoms with E-state index in [2.05, 4.69) is 184 Å². The fourth-order valence-corrected chi connectivity index (χ4v) is 10.6. The van der Waals surface area contributed by atoms with Gasteiger partial charge in [0.15, 0.2) is 12.4 Å². The lowest BCUT2D eigenvalue weighted by atomic mass is 10.0. The molecule has 0 heterocycles. The first-order chi connectivity index (χ1) is 47.6. The number of ether oxygens (including phenoxy) is 4. The minimum atomic E-state index is -1.64. The number of carboxylic acid groups (broad SMARTS) is 1. The number of carbonyl (C=O) groups is 3. The first-order valence-electron chi connectivity index (χ1n) is 39.3. The number of hydrogen-bond donors (Lipinski definition) is 0. The van der Waals surface area contributed by atoms with Crippen LogP contribution in [0.4, 0.5) is 0 Å². The summed E-state index contributed by atoms with van der Waals surface area (Å²) in [6.07, 6.45) is 112. The third-order valence-corrected chi connectivity index (χ3v) is 16.5. The van der Waals surface area contributed by atoms with Gasteiger partial charge in [0.05, 0.1) is 40.3 Å². The van der Waals surface area contributed by atoms with E-state index in [1.165, 1.54) is 148 Å². The number of nitrogens with zero attached hydrogens (tertiary/aromatic N) is 1. The van der Waals surface area contributed by atoms with E-state index in [0.29, 0.717) is 17.4 Å². The molecular weight excluding hydrogens is 1200 g/mol. The van der Waals surface area contributed by atoms with Gasteiger partial charge in [0.25, 0.3) is 0 Å². The first kappa shape index (κ1) is 91.6. The number of carboxylic acids is 1. The number of likely N-dealkylation sites (N-methyl/N-ethyl adjacent to an activating group) is 1. The number of quaternary nitrogens is 1. The number of unbranched alkanes of at least 4 members (excludes halogenated alkanes) is 28. The van der Waals surface area contributed by atoms with E-state index in [9.17, 15) is 19.5 Å². The van der Waals surface area contributed by atoms with E-state index in [0.717, 1.165) is 128 Å². The number of carbonyl (C=O) groups excluding carboxylic acids is 3. The SMILES string of the molecule is CC/C=C\C/C=C\C/C=C\C/C=C\C/C=C\C/C=C\C/C=C\C/C=C\C/C=C\CCCCCC(=O)OC(COC(=O)CCCCCCCCCCCCCCCCCCCCCCCCCCC/C=C\C/C=C\C/C=C\C/C=C\C/C=C\CC)COC(OCC[N+](C)(C)C)C(=O)[O-]. The lowest BCUT2D eigenvalue weighted by molar-refractivity contribution is -0.870. The molecule has 0 N–H and O–H groups in total. The molecular formula is C88H145NO8. The molecule has 0 aliphatic rings. The van der Waals surface area contributed by atoms with Gasteiger partial charge in [-0.2, -0.15) is 0 Å². The molecule has 0 amide bonds. The van der Waals surface area contributed by atoms with Crippen LogP contribution < -0.4 is 5.11 Å². The van der Waals surface area contributed by atoms with Gasteiger partial charge in [-0.15, -0.1) is 0 Å². The van der Waals surface area contributed by atoms with Crippen molar-refractivity contribution >= 4 is 17.9 Å². The van der Waals surface area contributed by atoms with Crippen LogP contribution in [0.1, 0.15) is 309 Å². The fourth-order valence-electron chi connectivity index (χ4n) is 10.6. The molecule has 2 unspecified atom stereocenters. The van der Waals surface area contributed by atoms with Crippen LogP contribution >= 0.6 is 0 Å². The van der Waals surface area contributed by atoms with Crippen LogP contribution in [-0.2, 0) is 33.3 Å². The zero-order valence-electron chi connectivity index (χ0n) is 62.9. The van der Waals surface area contributed by atoms with E-state index < -0.39 is 24.3 Å². The van der Waals surface area contributed by atoms with Crippen molar-refractivity contribution in [3.8, 4) is 0 Å². The summed E-state index contributed by atoms with van der Waals surface area (Å²) in [7, 11) is 5.92. The van der Waals surface area contributed by atoms with Crippen LogP contribution in [0.15, 0.2) is 170 Å². The zero-order valence-corrected chi connectivity index (χ0v) is 62.9. The maximum atomic E-state index is 12.9. The van der Waals surface area contributed by atoms with Crippen LogP contribution in [0.3, 0.4) is 0 Å². The van der Waals surface area contributed by atoms with Gasteiger partial charge in [-0.25, -0.2) is 0 Å². The van der Waals surface area contributed by atoms with Gasteiger partial charge in [0, 0.05) is 12.8 Å². The van der Waals surface area contributed by atoms with Gasteiger partial charge < -0.3 is 33.3 Å². The van der Waals surface area contributed by atoms with Crippen molar-refractivity contribution in [2.24, 2.45) is 0 Å². The molecule has 0 aliphatic carbocycles. The van der Waals surface area contributed by atoms with Crippen LogP contribution in [-0.4, -0.2) is 82.3 Å². The highest BCUT2D eigenvalue weighted by Gasteiger charge is 2.22. The van der Waals surface area contributed by atoms with E-state index in [4.69, 9.17) is 18.9 Å². The molecule has 0 bridgehead atoms. The van der Waals surface area contributed by atoms with Crippen molar-refractivity contribution < 1.29 is 42.9 Å². The molecule has 0 aromatic carbocycles. The summed E-state index contributed by atoms with van der Waals surface area (Å²) in [5, 5.41) is 11.9. The summed E-state index contributed by atoms with van der Waals surface area (Å²) in [6, 6.07) is 0. The summed E-state index contributed by atoms with van der Waals surface area (Å²) in [6.45, 7) is 4.49. The Morgan fingerprint density at radius 3 is 0.835 bits per heavy atom. The molecule has 9 nitrogen and oxygen atoms in total. The van der Waals surface area contributed by atoms with Gasteiger partial charge in [-0.3, -0.25) is 9.59 Å². The second-order valence-corrected chi connectivity index (χ2v) is 26.9. The Balaban J connectivity index is 4.08. The Kier molecular flexibility index (Phi) is 72.2. The second-order valence-electron chi connectivity index (χ2n) is 26.9. The summed E-state index contributed by atoms with van der Waals surface area (Å²) in [5.74, 6) is -2.33. The molecule has 0 aromatic rings. The number of rotatable bonds is 71. The lowest BCUT2D eigenvalue weighted by Gasteiger charge is -2.26. The lowest BCUT2D eigenvalue weighted by Crippen LogP contribution is -2.44. The van der Waals surface area contributed by atoms with Gasteiger partial charge in [0.1, 0.15) is 13.2 Å². The summed E-state index contributed by atoms with van der Waals surface area (Å²) in [5.41, 5.74) is 0. The van der Waals surface area contributed by atoms with Crippen LogP contribution in [0.5, 0.6) is 0 Å². The van der Waals surface area contributed by atoms with Crippen LogP contribution in [0, 0.1) is 0 Å². The second kappa shape index (κ2) is 76.4. The molecule has 0 saturated carbocycles. The normalized spacial score (nSPS) is 13.6. The number of hydrogen-bond acceptors (Lipinski definition) is 8. The Labute approximate surface area is 597 Å². The molecule has 9 heteroatoms. The monoisotopic (exact) mass is 1340 g/mol. The molecule has 550 valence electrons. The number of esters is 2. The highest BCUT2D eigenvalue weighted by atomic mass is 16.7. The molecule has 0 fully saturated rings. The molecule has 0 radical (unpaired) electrons. The largest absolute Gasteiger partial charge is 0.545 e. The van der Waals surface area contributed by atoms with Crippen molar-refractivity contribution in [2.75, 3.05) is 47.5 Å². The maximum absolute atomic E-state index is 12.9. The predicted octanol–water partition coefficient (Wildman–Crippen LogP) is 24.0. The van der Waals surface area contributed by atoms with Crippen LogP contribution in [0.25, 0.3) is 0 Å². The van der Waals surface area contributed by atoms with Crippen molar-refractivity contribution in [1.82, 2.24) is 0 Å². The smallest absolute Gasteiger partial charge is 0.306 e. The van der Waals surface area contributed by atoms with Gasteiger partial charge in [-0.05, 0) is 128 Å². The predicted molar refractivity (Wildman–Crippen MR) is 416 cm³/mol. The summed E-state index contributed by atoms with van der Waals surface area (Å²) >= 11 is 0. The highest BCUT2D eigenvalue weighted by molar-refractivity contribution is 5.70. The Bertz CT molecular complexity index is 2210. The molecule has 0 aromatic heterocycles. The minimum Gasteiger partial charge on any atom is -0.545 e. The zero-order chi connectivity index (χ0) is 70.4. The van der Waals surface area contributed by atoms with Crippen molar-refractivity contribution in [3.63, 3.8) is 0 Å². The van der Waals surface area contributed by atoms with E-state index in [1.54, 1.807) is 0 Å². The molecule has 97 heavy (non-hydrogen) atoms. The van der Waals surface area contributed by atoms with Crippen molar-refractivity contribution in [1.29, 1.82) is 0 Å². The Hall–Kier alpha value is -5.35. The fraction of sp³-hybridized carbons (Fsp3) is 0.648. The highest BCUT2D eigenvalue weighted by Crippen LogP contribution is 2.18. The van der Waals surface area contributed by atoms with E-state index in [-0.39, 0.29) is 38.6 Å². The van der Waals surface area contributed by atoms with E-state index >= 15 is 0 Å². The maximum Gasteiger partial charge on any atom is 0.306 e. The van der Waals surface area contributed by atoms with Crippen LogP contribution in [0.2, 0.25) is 0 Å². The Morgan fingerprint density at radius 1 is 0.309 bits per heavy atom. The quantitative estimate of drug-likeness (QED) is 0.0195. The molecule has 0 saturated heterocycles. The average Bonchev–Trinajstić information content (AvgIpc) is 2.39. The van der Waals surface area contributed by atoms with Gasteiger partial charge in [-0.1, -0.05) is 338 Å². The summed E-state index contributed by atoms with van der Waals surface area (Å²) < 4.78 is 22.8. The topological polar surface area (TPSA) is 111 Å². The average molecular weight is 1350 g/mol. The third-order valence-electron chi connectivity index (χ3n) is 16.5. The third kappa shape index (κ3) is 77.9. The molecule has 2 atom stereocenters. The van der Waals surface area contributed by atoms with Crippen molar-refractivity contribution in [2.45, 2.75) is 322 Å². The Morgan fingerprint density at radius 2 is 0.557 bits per heavy atom. The van der Waals surface area contributed by atoms with Crippen molar-refractivity contribution in [3.05, 3.63) is 170 Å². The molecule has 0 rings (SSSR count). The minimum absolute atomic E-state index is 0.134. The number of allylic oxidation sites excluding steroid dienone is 28. The first-order valence-corrected chi connectivity index (χ1v) is 39.3. The molecule has 0 aliphatic heterocycles. The summed E-state index contributed by atoms with van der Waals surface area (Å²) in [4.78, 5) is 37.6. The van der Waals surface area contributed by atoms with E-state index in [1.807, 2.05) is 21.1 Å². The molecule has 0 spiro atoms. The number of aliphatic carboxylic acids is 1. The van der Waals surface area contributed by atoms with Gasteiger partial charge >= 0.3 is 11.9 Å². The standard InChI is InChI=1S/C88H145NO8/c1-6-8-10-12-14-16-18-20-22-24-26-28-30-32-34-36-38-39-40-41-42-43-44-45-46-47-49-50-52-54-56-58-60-62-64-66-68-70-72-74-76-78-85(90)95-82-84(83-96-88(87(92)93)94-81-80-89(3,4)5)97-86(91)79-77-75-73-71-69-67-65-63-61-59-57-55-53-51-48-37-35-33-31-29-27-25-23-21-19-17-15-13-11-9-7-2/h8-11,14-17,20-23,26-29,32-35,48,51,55,57,61,63,67,69,84,88H,6-7,12-13,18-19,24-25,30-31,36-47,49-50,52-54,56,58-60,62,64-66,68,70-83H2,1-5H3/b10-8-,11-9-,16-14-,17-15-,22-20-,23-21-,28-26-,29-27-,34-32-,35-33-,51-48-,57-55-,63-61-,69-67-.